The van der Waals surface area contributed by atoms with E-state index >= 15 is 0 Å². The molecule has 0 heterocycles. The highest BCUT2D eigenvalue weighted by Crippen LogP contribution is 2.26. The molecular formula is C10H13BrF2N2O3S. The molecule has 0 aliphatic carbocycles. The van der Waals surface area contributed by atoms with Crippen LogP contribution < -0.4 is 15.2 Å². The fraction of sp³-hybridized carbons (Fsp3) is 0.400. The van der Waals surface area contributed by atoms with Gasteiger partial charge < -0.3 is 10.5 Å². The van der Waals surface area contributed by atoms with Crippen LogP contribution in [0.25, 0.3) is 0 Å². The van der Waals surface area contributed by atoms with E-state index in [1.54, 1.807) is 0 Å². The van der Waals surface area contributed by atoms with Crippen LogP contribution in [0.5, 0.6) is 5.75 Å². The molecule has 108 valence electrons. The second-order valence-corrected chi connectivity index (χ2v) is 6.27. The summed E-state index contributed by atoms with van der Waals surface area (Å²) in [6.07, 6.45) is 0. The summed E-state index contributed by atoms with van der Waals surface area (Å²) in [5.74, 6) is -2.99. The Balaban J connectivity index is 3.00. The topological polar surface area (TPSA) is 81.4 Å². The van der Waals surface area contributed by atoms with Gasteiger partial charge in [0.15, 0.2) is 0 Å². The lowest BCUT2D eigenvalue weighted by molar-refractivity contribution is 0.0170. The monoisotopic (exact) mass is 358 g/mol. The highest BCUT2D eigenvalue weighted by molar-refractivity contribution is 9.10. The molecule has 0 amide bonds. The first-order chi connectivity index (χ1) is 8.72. The summed E-state index contributed by atoms with van der Waals surface area (Å²) in [5, 5.41) is 0. The summed E-state index contributed by atoms with van der Waals surface area (Å²) in [6.45, 7) is -2.00. The van der Waals surface area contributed by atoms with Crippen molar-refractivity contribution in [3.63, 3.8) is 0 Å². The van der Waals surface area contributed by atoms with E-state index in [4.69, 9.17) is 10.5 Å². The van der Waals surface area contributed by atoms with Gasteiger partial charge in [-0.2, -0.15) is 0 Å². The van der Waals surface area contributed by atoms with Gasteiger partial charge in [-0.15, -0.1) is 0 Å². The number of methoxy groups -OCH3 is 1. The Morgan fingerprint density at radius 3 is 2.63 bits per heavy atom. The van der Waals surface area contributed by atoms with Crippen LogP contribution in [0.1, 0.15) is 0 Å². The van der Waals surface area contributed by atoms with Gasteiger partial charge in [-0.3, -0.25) is 0 Å². The zero-order valence-electron chi connectivity index (χ0n) is 9.99. The molecule has 19 heavy (non-hydrogen) atoms. The van der Waals surface area contributed by atoms with Gasteiger partial charge in [0.05, 0.1) is 25.1 Å². The third kappa shape index (κ3) is 4.37. The van der Waals surface area contributed by atoms with Crippen molar-refractivity contribution in [2.45, 2.75) is 10.8 Å². The maximum Gasteiger partial charge on any atom is 0.273 e. The molecule has 0 bridgehead atoms. The summed E-state index contributed by atoms with van der Waals surface area (Å²) in [4.78, 5) is -0.181. The molecule has 1 aromatic rings. The summed E-state index contributed by atoms with van der Waals surface area (Å²) in [7, 11) is -2.71. The zero-order chi connectivity index (χ0) is 14.7. The molecule has 5 nitrogen and oxygen atoms in total. The van der Waals surface area contributed by atoms with Gasteiger partial charge in [0.2, 0.25) is 10.0 Å². The van der Waals surface area contributed by atoms with Crippen molar-refractivity contribution in [2.75, 3.05) is 20.2 Å². The highest BCUT2D eigenvalue weighted by atomic mass is 79.9. The molecule has 0 saturated carbocycles. The lowest BCUT2D eigenvalue weighted by Crippen LogP contribution is -2.41. The van der Waals surface area contributed by atoms with E-state index in [9.17, 15) is 17.2 Å². The number of benzene rings is 1. The van der Waals surface area contributed by atoms with Gasteiger partial charge in [0.25, 0.3) is 5.92 Å². The fourth-order valence-electron chi connectivity index (χ4n) is 1.17. The Morgan fingerprint density at radius 2 is 2.11 bits per heavy atom. The van der Waals surface area contributed by atoms with Crippen LogP contribution in [0, 0.1) is 0 Å². The molecule has 0 saturated heterocycles. The zero-order valence-corrected chi connectivity index (χ0v) is 12.4. The minimum atomic E-state index is -4.08. The predicted molar refractivity (Wildman–Crippen MR) is 69.9 cm³/mol. The van der Waals surface area contributed by atoms with E-state index in [1.807, 2.05) is 4.72 Å². The molecule has 0 aromatic heterocycles. The van der Waals surface area contributed by atoms with Gasteiger partial charge in [-0.1, -0.05) is 0 Å². The molecule has 0 unspecified atom stereocenters. The predicted octanol–water partition coefficient (Wildman–Crippen LogP) is 1.33. The van der Waals surface area contributed by atoms with Crippen LogP contribution in [0.2, 0.25) is 0 Å². The van der Waals surface area contributed by atoms with Crippen LogP contribution in [-0.2, 0) is 10.0 Å². The number of hydrogen-bond donors (Lipinski definition) is 2. The summed E-state index contributed by atoms with van der Waals surface area (Å²) in [5.41, 5.74) is 4.84. The Labute approximate surface area is 118 Å². The highest BCUT2D eigenvalue weighted by Gasteiger charge is 2.30. The lowest BCUT2D eigenvalue weighted by Gasteiger charge is -2.15. The quantitative estimate of drug-likeness (QED) is 0.803. The Bertz CT molecular complexity index is 552. The molecule has 3 N–H and O–H groups in total. The van der Waals surface area contributed by atoms with Crippen LogP contribution in [-0.4, -0.2) is 34.5 Å². The number of nitrogens with one attached hydrogen (secondary N) is 1. The first kappa shape index (κ1) is 16.3. The SMILES string of the molecule is COc1ccc(Br)c(S(=O)(=O)NCC(F)(F)CN)c1. The molecule has 9 heteroatoms. The first-order valence-corrected chi connectivity index (χ1v) is 7.40. The third-order valence-electron chi connectivity index (χ3n) is 2.25. The van der Waals surface area contributed by atoms with Crippen LogP contribution >= 0.6 is 15.9 Å². The standard InChI is InChI=1S/C10H13BrF2N2O3S/c1-18-7-2-3-8(11)9(4-7)19(16,17)15-6-10(12,13)5-14/h2-4,15H,5-6,14H2,1H3. The van der Waals surface area contributed by atoms with E-state index in [1.165, 1.54) is 25.3 Å². The second kappa shape index (κ2) is 6.12. The second-order valence-electron chi connectivity index (χ2n) is 3.68. The van der Waals surface area contributed by atoms with Gasteiger partial charge in [-0.25, -0.2) is 21.9 Å². The molecule has 0 fully saturated rings. The molecule has 1 aromatic carbocycles. The third-order valence-corrected chi connectivity index (χ3v) is 4.64. The maximum absolute atomic E-state index is 13.0. The normalized spacial score (nSPS) is 12.5. The Morgan fingerprint density at radius 1 is 1.47 bits per heavy atom. The maximum atomic E-state index is 13.0. The van der Waals surface area contributed by atoms with Gasteiger partial charge >= 0.3 is 0 Å². The number of ether oxygens (including phenoxy) is 1. The number of hydrogen-bond acceptors (Lipinski definition) is 4. The van der Waals surface area contributed by atoms with E-state index in [0.29, 0.717) is 5.75 Å². The fourth-order valence-corrected chi connectivity index (χ4v) is 3.21. The van der Waals surface area contributed by atoms with E-state index in [2.05, 4.69) is 15.9 Å². The first-order valence-electron chi connectivity index (χ1n) is 5.13. The molecule has 0 atom stereocenters. The number of halogens is 3. The summed E-state index contributed by atoms with van der Waals surface area (Å²) in [6, 6.07) is 4.22. The van der Waals surface area contributed by atoms with Crippen molar-refractivity contribution in [1.82, 2.24) is 4.72 Å². The Kier molecular flexibility index (Phi) is 5.25. The average molecular weight is 359 g/mol. The van der Waals surface area contributed by atoms with Crippen LogP contribution in [0.4, 0.5) is 8.78 Å². The number of nitrogens with two attached hydrogens (primary N) is 1. The van der Waals surface area contributed by atoms with Crippen molar-refractivity contribution in [3.05, 3.63) is 22.7 Å². The van der Waals surface area contributed by atoms with Crippen molar-refractivity contribution >= 4 is 26.0 Å². The number of alkyl halides is 2. The van der Waals surface area contributed by atoms with Crippen LogP contribution in [0.3, 0.4) is 0 Å². The van der Waals surface area contributed by atoms with Crippen molar-refractivity contribution in [1.29, 1.82) is 0 Å². The van der Waals surface area contributed by atoms with E-state index in [0.717, 1.165) is 0 Å². The largest absolute Gasteiger partial charge is 0.497 e. The molecule has 0 spiro atoms. The number of sulfonamides is 1. The smallest absolute Gasteiger partial charge is 0.273 e. The molecule has 1 rings (SSSR count). The minimum Gasteiger partial charge on any atom is -0.497 e. The average Bonchev–Trinajstić information content (AvgIpc) is 2.37. The van der Waals surface area contributed by atoms with Crippen molar-refractivity contribution in [3.8, 4) is 5.75 Å². The van der Waals surface area contributed by atoms with Gasteiger partial charge in [-0.05, 0) is 28.1 Å². The summed E-state index contributed by atoms with van der Waals surface area (Å²) < 4.78 is 56.7. The lowest BCUT2D eigenvalue weighted by atomic mass is 10.3. The molecule has 0 radical (unpaired) electrons. The van der Waals surface area contributed by atoms with Crippen LogP contribution in [0.15, 0.2) is 27.6 Å². The van der Waals surface area contributed by atoms with Gasteiger partial charge in [0.1, 0.15) is 5.75 Å². The number of rotatable bonds is 6. The van der Waals surface area contributed by atoms with Gasteiger partial charge in [0, 0.05) is 10.5 Å². The molecular weight excluding hydrogens is 346 g/mol. The Hall–Kier alpha value is -0.770. The van der Waals surface area contributed by atoms with E-state index < -0.39 is 29.0 Å². The molecule has 0 aliphatic rings. The van der Waals surface area contributed by atoms with E-state index in [-0.39, 0.29) is 9.37 Å². The molecule has 0 aliphatic heterocycles. The van der Waals surface area contributed by atoms with Crippen molar-refractivity contribution < 1.29 is 21.9 Å². The summed E-state index contributed by atoms with van der Waals surface area (Å²) >= 11 is 3.05. The minimum absolute atomic E-state index is 0.181. The van der Waals surface area contributed by atoms with Crippen molar-refractivity contribution in [2.24, 2.45) is 5.73 Å².